The number of nitrogens with zero attached hydrogens (tertiary/aromatic N) is 1. The number of aromatic hydroxyl groups is 1. The normalized spacial score (nSPS) is 9.94. The van der Waals surface area contributed by atoms with Crippen LogP contribution in [-0.2, 0) is 4.79 Å². The third-order valence-corrected chi connectivity index (χ3v) is 2.12. The summed E-state index contributed by atoms with van der Waals surface area (Å²) in [5.41, 5.74) is 4.61. The number of H-pyrrole nitrogens is 1. The average Bonchev–Trinajstić information content (AvgIpc) is 2.29. The molecule has 7 nitrogen and oxygen atoms in total. The Kier molecular flexibility index (Phi) is 4.41. The van der Waals surface area contributed by atoms with Gasteiger partial charge >= 0.3 is 0 Å². The quantitative estimate of drug-likeness (QED) is 0.571. The van der Waals surface area contributed by atoms with Crippen LogP contribution in [0.5, 0.6) is 5.75 Å². The van der Waals surface area contributed by atoms with E-state index in [0.717, 1.165) is 17.2 Å². The zero-order valence-electron chi connectivity index (χ0n) is 9.05. The second-order valence-corrected chi connectivity index (χ2v) is 3.34. The Morgan fingerprint density at radius 1 is 1.59 bits per heavy atom. The van der Waals surface area contributed by atoms with Gasteiger partial charge in [-0.1, -0.05) is 0 Å². The van der Waals surface area contributed by atoms with Crippen LogP contribution in [-0.4, -0.2) is 40.4 Å². The predicted octanol–water partition coefficient (Wildman–Crippen LogP) is -0.972. The fourth-order valence-corrected chi connectivity index (χ4v) is 1.25. The summed E-state index contributed by atoms with van der Waals surface area (Å²) in [6.07, 6.45) is 1.90. The van der Waals surface area contributed by atoms with Crippen molar-refractivity contribution in [2.24, 2.45) is 5.73 Å². The molecule has 7 heteroatoms. The van der Waals surface area contributed by atoms with E-state index in [9.17, 15) is 19.5 Å². The fraction of sp³-hybridized carbons (Fsp3) is 0.300. The lowest BCUT2D eigenvalue weighted by molar-refractivity contribution is -0.116. The molecule has 0 aromatic carbocycles. The molecule has 0 atom stereocenters. The molecule has 0 aliphatic rings. The molecule has 0 unspecified atom stereocenters. The van der Waals surface area contributed by atoms with Crippen molar-refractivity contribution in [1.29, 1.82) is 0 Å². The van der Waals surface area contributed by atoms with Crippen LogP contribution in [0.4, 0.5) is 0 Å². The topological polar surface area (TPSA) is 116 Å². The minimum absolute atomic E-state index is 0.131. The van der Waals surface area contributed by atoms with Gasteiger partial charge in [0.05, 0.1) is 5.56 Å². The number of aromatic amines is 1. The first-order valence-corrected chi connectivity index (χ1v) is 4.98. The van der Waals surface area contributed by atoms with Crippen molar-refractivity contribution in [2.75, 3.05) is 13.1 Å². The van der Waals surface area contributed by atoms with Crippen molar-refractivity contribution in [2.45, 2.75) is 6.42 Å². The summed E-state index contributed by atoms with van der Waals surface area (Å²) in [4.78, 5) is 36.5. The number of nitrogens with one attached hydrogen (secondary N) is 1. The van der Waals surface area contributed by atoms with Crippen LogP contribution in [0.2, 0.25) is 0 Å². The zero-order chi connectivity index (χ0) is 12.8. The van der Waals surface area contributed by atoms with Gasteiger partial charge in [-0.2, -0.15) is 0 Å². The van der Waals surface area contributed by atoms with E-state index < -0.39 is 17.2 Å². The van der Waals surface area contributed by atoms with E-state index in [1.807, 2.05) is 0 Å². The first-order chi connectivity index (χ1) is 8.10. The molecule has 92 valence electrons. The van der Waals surface area contributed by atoms with Crippen LogP contribution in [0.3, 0.4) is 0 Å². The van der Waals surface area contributed by atoms with Gasteiger partial charge < -0.3 is 15.8 Å². The molecule has 17 heavy (non-hydrogen) atoms. The minimum atomic E-state index is -0.679. The summed E-state index contributed by atoms with van der Waals surface area (Å²) >= 11 is 0. The number of carbonyl (C=O) groups is 2. The Hall–Kier alpha value is -2.15. The average molecular weight is 239 g/mol. The number of hydrogen-bond donors (Lipinski definition) is 3. The van der Waals surface area contributed by atoms with Crippen LogP contribution < -0.4 is 11.3 Å². The second-order valence-electron chi connectivity index (χ2n) is 3.34. The summed E-state index contributed by atoms with van der Waals surface area (Å²) < 4.78 is 0. The summed E-state index contributed by atoms with van der Waals surface area (Å²) in [6.45, 7) is 0.507. The molecule has 1 rings (SSSR count). The first kappa shape index (κ1) is 12.9. The standard InChI is InChI=1S/C10H13N3O4/c11-2-1-3-13(6-14)10(17)7-5-12-9(16)4-8(7)15/h4-6H,1-3,11H2,(H2,12,15,16). The molecule has 2 amide bonds. The lowest BCUT2D eigenvalue weighted by atomic mass is 10.2. The smallest absolute Gasteiger partial charge is 0.265 e. The van der Waals surface area contributed by atoms with E-state index in [-0.39, 0.29) is 12.1 Å². The maximum absolute atomic E-state index is 11.8. The highest BCUT2D eigenvalue weighted by Crippen LogP contribution is 2.14. The zero-order valence-corrected chi connectivity index (χ0v) is 9.05. The Balaban J connectivity index is 2.93. The molecule has 0 saturated heterocycles. The van der Waals surface area contributed by atoms with Crippen LogP contribution in [0.15, 0.2) is 17.1 Å². The molecule has 0 aliphatic heterocycles. The van der Waals surface area contributed by atoms with Gasteiger partial charge in [0.1, 0.15) is 5.75 Å². The van der Waals surface area contributed by atoms with E-state index in [4.69, 9.17) is 5.73 Å². The van der Waals surface area contributed by atoms with Gasteiger partial charge in [0, 0.05) is 18.8 Å². The number of pyridine rings is 1. The molecule has 1 aromatic rings. The van der Waals surface area contributed by atoms with E-state index in [2.05, 4.69) is 4.98 Å². The minimum Gasteiger partial charge on any atom is -0.507 e. The van der Waals surface area contributed by atoms with Gasteiger partial charge in [-0.05, 0) is 13.0 Å². The van der Waals surface area contributed by atoms with Crippen LogP contribution >= 0.6 is 0 Å². The predicted molar refractivity (Wildman–Crippen MR) is 59.5 cm³/mol. The van der Waals surface area contributed by atoms with Crippen molar-refractivity contribution in [3.8, 4) is 5.75 Å². The maximum atomic E-state index is 11.8. The monoisotopic (exact) mass is 239 g/mol. The van der Waals surface area contributed by atoms with E-state index >= 15 is 0 Å². The number of hydrogen-bond acceptors (Lipinski definition) is 5. The highest BCUT2D eigenvalue weighted by Gasteiger charge is 2.18. The second kappa shape index (κ2) is 5.80. The van der Waals surface area contributed by atoms with Crippen molar-refractivity contribution in [1.82, 2.24) is 9.88 Å². The third-order valence-electron chi connectivity index (χ3n) is 2.12. The number of carbonyl (C=O) groups excluding carboxylic acids is 2. The highest BCUT2D eigenvalue weighted by atomic mass is 16.3. The van der Waals surface area contributed by atoms with Gasteiger partial charge in [0.15, 0.2) is 0 Å². The lowest BCUT2D eigenvalue weighted by Crippen LogP contribution is -2.32. The molecule has 0 aliphatic carbocycles. The molecule has 0 fully saturated rings. The van der Waals surface area contributed by atoms with Gasteiger partial charge in [-0.25, -0.2) is 0 Å². The Labute approximate surface area is 96.9 Å². The third kappa shape index (κ3) is 3.15. The number of amides is 2. The van der Waals surface area contributed by atoms with E-state index in [0.29, 0.717) is 19.4 Å². The molecule has 1 aromatic heterocycles. The van der Waals surface area contributed by atoms with Gasteiger partial charge in [0.2, 0.25) is 6.41 Å². The van der Waals surface area contributed by atoms with E-state index in [1.54, 1.807) is 0 Å². The number of rotatable bonds is 5. The molecule has 0 bridgehead atoms. The number of nitrogens with two attached hydrogens (primary N) is 1. The first-order valence-electron chi connectivity index (χ1n) is 4.98. The summed E-state index contributed by atoms with van der Waals surface area (Å²) in [7, 11) is 0. The van der Waals surface area contributed by atoms with Crippen molar-refractivity contribution < 1.29 is 14.7 Å². The summed E-state index contributed by atoms with van der Waals surface area (Å²) in [6, 6.07) is 0.874. The molecular formula is C10H13N3O4. The lowest BCUT2D eigenvalue weighted by Gasteiger charge is -2.15. The van der Waals surface area contributed by atoms with Gasteiger partial charge in [0.25, 0.3) is 11.5 Å². The van der Waals surface area contributed by atoms with Crippen molar-refractivity contribution in [3.63, 3.8) is 0 Å². The maximum Gasteiger partial charge on any atom is 0.265 e. The van der Waals surface area contributed by atoms with Crippen LogP contribution in [0, 0.1) is 0 Å². The Bertz CT molecular complexity index is 469. The fourth-order valence-electron chi connectivity index (χ4n) is 1.25. The largest absolute Gasteiger partial charge is 0.507 e. The van der Waals surface area contributed by atoms with Crippen molar-refractivity contribution >= 4 is 12.3 Å². The molecule has 0 radical (unpaired) electrons. The van der Waals surface area contributed by atoms with E-state index in [1.165, 1.54) is 0 Å². The number of aromatic nitrogens is 1. The SMILES string of the molecule is NCCCN(C=O)C(=O)c1c[nH]c(=O)cc1O. The van der Waals surface area contributed by atoms with Crippen molar-refractivity contribution in [3.05, 3.63) is 28.2 Å². The van der Waals surface area contributed by atoms with Crippen LogP contribution in [0.25, 0.3) is 0 Å². The molecule has 4 N–H and O–H groups in total. The highest BCUT2D eigenvalue weighted by molar-refractivity contribution is 6.01. The van der Waals surface area contributed by atoms with Gasteiger partial charge in [-0.15, -0.1) is 0 Å². The summed E-state index contributed by atoms with van der Waals surface area (Å²) in [5, 5.41) is 9.42. The number of imide groups is 1. The molecule has 1 heterocycles. The Morgan fingerprint density at radius 2 is 2.29 bits per heavy atom. The van der Waals surface area contributed by atoms with Crippen LogP contribution in [0.1, 0.15) is 16.8 Å². The molecular weight excluding hydrogens is 226 g/mol. The van der Waals surface area contributed by atoms with Gasteiger partial charge in [-0.3, -0.25) is 19.3 Å². The molecule has 0 saturated carbocycles. The Morgan fingerprint density at radius 3 is 2.82 bits per heavy atom. The molecule has 0 spiro atoms. The summed E-state index contributed by atoms with van der Waals surface area (Å²) in [5.74, 6) is -1.14.